The maximum absolute atomic E-state index is 13.9. The molecule has 2 aromatic rings. The molecule has 326 valence electrons. The number of guanidine groups is 2. The molecule has 23 heteroatoms. The van der Waals surface area contributed by atoms with E-state index in [4.69, 9.17) is 34.4 Å². The summed E-state index contributed by atoms with van der Waals surface area (Å²) in [5, 5.41) is 32.7. The Morgan fingerprint density at radius 3 is 1.68 bits per heavy atom. The third kappa shape index (κ3) is 19.1. The summed E-state index contributed by atoms with van der Waals surface area (Å²) < 4.78 is 0. The minimum absolute atomic E-state index is 0.0212. The van der Waals surface area contributed by atoms with E-state index in [1.165, 1.54) is 12.5 Å². The SMILES string of the molecule is NCCCC[C@H](N)C(=O)N[C@@H](CCCN=C(N)N)C(=O)N[C@@H](CO)C(=O)N[C@@H](CCCN=C(N)N)C(=O)N[C@@H](Cc1cnc[nH]1)C(=O)N[C@@H](Cc1ccccc1)C(=O)O. The van der Waals surface area contributed by atoms with E-state index in [0.717, 1.165) is 0 Å². The molecule has 0 aliphatic carbocycles. The second kappa shape index (κ2) is 26.6. The summed E-state index contributed by atoms with van der Waals surface area (Å²) in [5.41, 5.74) is 34.3. The Labute approximate surface area is 341 Å². The van der Waals surface area contributed by atoms with Crippen molar-refractivity contribution in [2.45, 2.75) is 94.0 Å². The number of hydrogen-bond donors (Lipinski definition) is 14. The van der Waals surface area contributed by atoms with Crippen molar-refractivity contribution in [1.29, 1.82) is 0 Å². The normalized spacial score (nSPS) is 13.9. The van der Waals surface area contributed by atoms with Gasteiger partial charge < -0.3 is 76.2 Å². The average molecular weight is 830 g/mol. The number of aliphatic carboxylic acids is 1. The van der Waals surface area contributed by atoms with Crippen LogP contribution in [0.25, 0.3) is 0 Å². The molecule has 0 saturated carbocycles. The van der Waals surface area contributed by atoms with Gasteiger partial charge in [0.1, 0.15) is 30.2 Å². The number of carbonyl (C=O) groups is 6. The van der Waals surface area contributed by atoms with E-state index in [9.17, 15) is 39.0 Å². The summed E-state index contributed by atoms with van der Waals surface area (Å²) in [6.07, 6.45) is 4.42. The van der Waals surface area contributed by atoms with Gasteiger partial charge in [0.15, 0.2) is 11.9 Å². The van der Waals surface area contributed by atoms with Crippen LogP contribution in [0, 0.1) is 0 Å². The van der Waals surface area contributed by atoms with Gasteiger partial charge in [0, 0.05) is 37.8 Å². The zero-order valence-corrected chi connectivity index (χ0v) is 32.8. The van der Waals surface area contributed by atoms with Crippen LogP contribution in [-0.2, 0) is 41.6 Å². The van der Waals surface area contributed by atoms with Crippen molar-refractivity contribution >= 4 is 47.4 Å². The number of aliphatic hydroxyl groups is 1. The van der Waals surface area contributed by atoms with E-state index in [2.05, 4.69) is 46.5 Å². The number of aliphatic imine (C=N–C) groups is 2. The highest BCUT2D eigenvalue weighted by Crippen LogP contribution is 2.08. The van der Waals surface area contributed by atoms with Crippen molar-refractivity contribution in [3.63, 3.8) is 0 Å². The second-order valence-corrected chi connectivity index (χ2v) is 13.6. The quantitative estimate of drug-likeness (QED) is 0.0218. The Morgan fingerprint density at radius 1 is 0.661 bits per heavy atom. The van der Waals surface area contributed by atoms with Crippen LogP contribution in [0.1, 0.15) is 56.2 Å². The number of H-pyrrole nitrogens is 1. The number of nitrogens with one attached hydrogen (secondary N) is 6. The first kappa shape index (κ1) is 48.8. The number of benzene rings is 1. The molecule has 23 nitrogen and oxygen atoms in total. The molecule has 1 aromatic heterocycles. The second-order valence-electron chi connectivity index (χ2n) is 13.6. The molecule has 59 heavy (non-hydrogen) atoms. The first-order chi connectivity index (χ1) is 28.1. The van der Waals surface area contributed by atoms with Crippen LogP contribution in [0.4, 0.5) is 0 Å². The first-order valence-corrected chi connectivity index (χ1v) is 19.1. The van der Waals surface area contributed by atoms with Crippen molar-refractivity contribution in [2.75, 3.05) is 26.2 Å². The predicted octanol–water partition coefficient (Wildman–Crippen LogP) is -4.74. The van der Waals surface area contributed by atoms with Crippen LogP contribution in [-0.4, -0.2) is 130 Å². The third-order valence-corrected chi connectivity index (χ3v) is 8.79. The number of rotatable bonds is 28. The van der Waals surface area contributed by atoms with E-state index in [1.54, 1.807) is 30.3 Å². The lowest BCUT2D eigenvalue weighted by atomic mass is 10.0. The summed E-state index contributed by atoms with van der Waals surface area (Å²) in [5.74, 6) is -5.87. The van der Waals surface area contributed by atoms with Gasteiger partial charge in [-0.3, -0.25) is 34.0 Å². The van der Waals surface area contributed by atoms with Crippen LogP contribution < -0.4 is 61.0 Å². The average Bonchev–Trinajstić information content (AvgIpc) is 3.71. The highest BCUT2D eigenvalue weighted by atomic mass is 16.4. The molecule has 20 N–H and O–H groups in total. The van der Waals surface area contributed by atoms with Crippen molar-refractivity contribution in [2.24, 2.45) is 44.4 Å². The molecular weight excluding hydrogens is 770 g/mol. The molecule has 0 radical (unpaired) electrons. The van der Waals surface area contributed by atoms with E-state index in [-0.39, 0.29) is 63.5 Å². The van der Waals surface area contributed by atoms with Gasteiger partial charge in [0.05, 0.1) is 19.0 Å². The van der Waals surface area contributed by atoms with E-state index < -0.39 is 78.4 Å². The number of nitrogens with two attached hydrogens (primary N) is 6. The highest BCUT2D eigenvalue weighted by Gasteiger charge is 2.33. The number of amides is 5. The number of unbranched alkanes of at least 4 members (excludes halogenated alkanes) is 1. The molecule has 1 aromatic carbocycles. The Hall–Kier alpha value is -6.33. The zero-order chi connectivity index (χ0) is 43.7. The lowest BCUT2D eigenvalue weighted by molar-refractivity contribution is -0.142. The first-order valence-electron chi connectivity index (χ1n) is 19.1. The van der Waals surface area contributed by atoms with Gasteiger partial charge in [-0.05, 0) is 50.6 Å². The standard InChI is InChI=1S/C36H59N15O8/c37-13-5-4-10-23(38)29(53)47-24(11-6-14-44-35(39)40)31(55)51-28(19-52)33(57)48-25(12-7-15-45-36(41)42)30(54)49-26(17-22-18-43-20-46-22)32(56)50-27(34(58)59)16-21-8-2-1-3-9-21/h1-3,8-9,18,20,23-28,52H,4-7,10-17,19,37-38H2,(H,43,46)(H,47,53)(H,48,57)(H,49,54)(H,50,56)(H,51,55)(H,58,59)(H4,39,40,44)(H4,41,42,45)/t23-,24-,25-,26-,27-,28-/m0/s1. The smallest absolute Gasteiger partial charge is 0.326 e. The molecule has 5 amide bonds. The molecule has 0 saturated heterocycles. The molecular formula is C36H59N15O8. The minimum Gasteiger partial charge on any atom is -0.480 e. The summed E-state index contributed by atoms with van der Waals surface area (Å²) in [6, 6.07) is 0.704. The molecule has 2 rings (SSSR count). The Balaban J connectivity index is 2.30. The summed E-state index contributed by atoms with van der Waals surface area (Å²) in [7, 11) is 0. The van der Waals surface area contributed by atoms with Crippen LogP contribution in [0.15, 0.2) is 52.8 Å². The van der Waals surface area contributed by atoms with Crippen LogP contribution >= 0.6 is 0 Å². The molecule has 1 heterocycles. The van der Waals surface area contributed by atoms with Crippen molar-refractivity contribution in [3.8, 4) is 0 Å². The lowest BCUT2D eigenvalue weighted by Crippen LogP contribution is -2.60. The number of carboxylic acid groups (broad SMARTS) is 1. The Bertz CT molecular complexity index is 1690. The number of carboxylic acids is 1. The topological polar surface area (TPSA) is 413 Å². The fraction of sp³-hybridized carbons (Fsp3) is 0.528. The molecule has 6 atom stereocenters. The van der Waals surface area contributed by atoms with Gasteiger partial charge in [-0.15, -0.1) is 0 Å². The minimum atomic E-state index is -1.62. The number of nitrogens with zero attached hydrogens (tertiary/aromatic N) is 3. The fourth-order valence-electron chi connectivity index (χ4n) is 5.62. The van der Waals surface area contributed by atoms with Gasteiger partial charge in [-0.1, -0.05) is 36.8 Å². The number of aromatic nitrogens is 2. The van der Waals surface area contributed by atoms with Crippen molar-refractivity contribution < 1.29 is 39.0 Å². The predicted molar refractivity (Wildman–Crippen MR) is 218 cm³/mol. The maximum Gasteiger partial charge on any atom is 0.326 e. The molecule has 0 spiro atoms. The molecule has 0 aliphatic heterocycles. The zero-order valence-electron chi connectivity index (χ0n) is 32.8. The summed E-state index contributed by atoms with van der Waals surface area (Å²) >= 11 is 0. The molecule has 0 unspecified atom stereocenters. The van der Waals surface area contributed by atoms with Gasteiger partial charge >= 0.3 is 5.97 Å². The van der Waals surface area contributed by atoms with Gasteiger partial charge in [0.25, 0.3) is 0 Å². The van der Waals surface area contributed by atoms with Crippen LogP contribution in [0.2, 0.25) is 0 Å². The largest absolute Gasteiger partial charge is 0.480 e. The highest BCUT2D eigenvalue weighted by molar-refractivity contribution is 5.96. The summed E-state index contributed by atoms with van der Waals surface area (Å²) in [4.78, 5) is 94.3. The number of carbonyl (C=O) groups excluding carboxylic acids is 5. The van der Waals surface area contributed by atoms with Crippen LogP contribution in [0.3, 0.4) is 0 Å². The third-order valence-electron chi connectivity index (χ3n) is 8.79. The fourth-order valence-corrected chi connectivity index (χ4v) is 5.62. The lowest BCUT2D eigenvalue weighted by Gasteiger charge is -2.26. The Kier molecular flexibility index (Phi) is 22.0. The van der Waals surface area contributed by atoms with Crippen molar-refractivity contribution in [1.82, 2.24) is 36.6 Å². The monoisotopic (exact) mass is 829 g/mol. The maximum atomic E-state index is 13.9. The van der Waals surface area contributed by atoms with Crippen molar-refractivity contribution in [3.05, 3.63) is 54.1 Å². The number of aliphatic hydroxyl groups excluding tert-OH is 1. The molecule has 0 fully saturated rings. The van der Waals surface area contributed by atoms with E-state index in [0.29, 0.717) is 37.1 Å². The van der Waals surface area contributed by atoms with E-state index in [1.807, 2.05) is 0 Å². The Morgan fingerprint density at radius 2 is 1.17 bits per heavy atom. The number of hydrogen-bond acceptors (Lipinski definition) is 12. The van der Waals surface area contributed by atoms with Gasteiger partial charge in [-0.2, -0.15) is 0 Å². The summed E-state index contributed by atoms with van der Waals surface area (Å²) in [6.45, 7) is -0.336. The van der Waals surface area contributed by atoms with Gasteiger partial charge in [-0.25, -0.2) is 9.78 Å². The molecule has 0 bridgehead atoms. The number of aromatic amines is 1. The van der Waals surface area contributed by atoms with Gasteiger partial charge in [0.2, 0.25) is 29.5 Å². The molecule has 0 aliphatic rings. The van der Waals surface area contributed by atoms with Crippen LogP contribution in [0.5, 0.6) is 0 Å². The number of imidazole rings is 1. The van der Waals surface area contributed by atoms with E-state index >= 15 is 0 Å².